The predicted molar refractivity (Wildman–Crippen MR) is 192 cm³/mol. The molecule has 2 aromatic carbocycles. The molecule has 0 unspecified atom stereocenters. The first-order chi connectivity index (χ1) is 24.4. The third kappa shape index (κ3) is 7.13. The molecule has 3 heterocycles. The molecule has 0 aromatic heterocycles. The molecule has 51 heavy (non-hydrogen) atoms. The van der Waals surface area contributed by atoms with Crippen LogP contribution >= 0.6 is 11.6 Å². The molecular formula is C37H47ClN4O8S. The Morgan fingerprint density at radius 1 is 1.10 bits per heavy atom. The van der Waals surface area contributed by atoms with Gasteiger partial charge in [-0.15, -0.1) is 0 Å². The summed E-state index contributed by atoms with van der Waals surface area (Å²) in [6.07, 6.45) is 7.38. The van der Waals surface area contributed by atoms with Gasteiger partial charge in [0.1, 0.15) is 5.75 Å². The summed E-state index contributed by atoms with van der Waals surface area (Å²) < 4.78 is 41.8. The van der Waals surface area contributed by atoms with E-state index in [-0.39, 0.29) is 55.7 Å². The minimum absolute atomic E-state index is 0.0471. The van der Waals surface area contributed by atoms with Crippen molar-refractivity contribution in [1.29, 1.82) is 0 Å². The summed E-state index contributed by atoms with van der Waals surface area (Å²) in [6.45, 7) is 2.30. The average molecular weight is 743 g/mol. The minimum atomic E-state index is -4.35. The van der Waals surface area contributed by atoms with E-state index < -0.39 is 40.1 Å². The second-order valence-electron chi connectivity index (χ2n) is 14.8. The summed E-state index contributed by atoms with van der Waals surface area (Å²) in [6, 6.07) is 11.0. The summed E-state index contributed by atoms with van der Waals surface area (Å²) in [5, 5.41) is 24.2. The van der Waals surface area contributed by atoms with Crippen molar-refractivity contribution < 1.29 is 37.7 Å². The second kappa shape index (κ2) is 14.3. The Labute approximate surface area is 304 Å². The molecule has 1 saturated heterocycles. The van der Waals surface area contributed by atoms with Crippen molar-refractivity contribution in [3.05, 3.63) is 70.3 Å². The summed E-state index contributed by atoms with van der Waals surface area (Å²) in [4.78, 5) is 31.4. The lowest BCUT2D eigenvalue weighted by molar-refractivity contribution is -0.148. The number of nitrogens with zero attached hydrogens (tertiary/aromatic N) is 3. The van der Waals surface area contributed by atoms with E-state index in [2.05, 4.69) is 15.7 Å². The van der Waals surface area contributed by atoms with Gasteiger partial charge in [0.05, 0.1) is 38.0 Å². The van der Waals surface area contributed by atoms with Gasteiger partial charge in [-0.25, -0.2) is 4.72 Å². The van der Waals surface area contributed by atoms with Crippen LogP contribution in [0.3, 0.4) is 0 Å². The molecule has 2 amide bonds. The molecule has 2 aliphatic carbocycles. The lowest BCUT2D eigenvalue weighted by Crippen LogP contribution is -2.54. The largest absolute Gasteiger partial charge is 0.490 e. The van der Waals surface area contributed by atoms with E-state index in [1.807, 2.05) is 24.3 Å². The zero-order valence-electron chi connectivity index (χ0n) is 28.9. The van der Waals surface area contributed by atoms with Crippen LogP contribution in [-0.2, 0) is 42.0 Å². The molecule has 1 spiro atoms. The van der Waals surface area contributed by atoms with Crippen LogP contribution in [0.1, 0.15) is 55.2 Å². The number of amides is 2. The first-order valence-electron chi connectivity index (χ1n) is 17.9. The summed E-state index contributed by atoms with van der Waals surface area (Å²) in [5.74, 6) is -0.986. The van der Waals surface area contributed by atoms with Crippen molar-refractivity contribution in [2.75, 3.05) is 64.5 Å². The van der Waals surface area contributed by atoms with E-state index >= 15 is 0 Å². The van der Waals surface area contributed by atoms with Crippen LogP contribution in [0.5, 0.6) is 5.75 Å². The lowest BCUT2D eigenvalue weighted by Gasteiger charge is -2.45. The molecule has 2 fully saturated rings. The number of aryl methyl sites for hydroxylation is 1. The molecule has 5 aliphatic rings. The van der Waals surface area contributed by atoms with Gasteiger partial charge in [-0.2, -0.15) is 12.7 Å². The number of carbonyl (C=O) groups excluding carboxylic acids is 2. The fraction of sp³-hybridized carbons (Fsp3) is 0.568. The van der Waals surface area contributed by atoms with E-state index in [0.717, 1.165) is 36.4 Å². The fourth-order valence-corrected chi connectivity index (χ4v) is 9.77. The molecule has 2 bridgehead atoms. The molecule has 276 valence electrons. The fourth-order valence-electron chi connectivity index (χ4n) is 8.42. The summed E-state index contributed by atoms with van der Waals surface area (Å²) in [5.41, 5.74) is 0.173. The van der Waals surface area contributed by atoms with E-state index in [9.17, 15) is 28.2 Å². The van der Waals surface area contributed by atoms with Crippen LogP contribution in [0.25, 0.3) is 0 Å². The van der Waals surface area contributed by atoms with Crippen molar-refractivity contribution in [2.45, 2.75) is 62.1 Å². The molecule has 0 radical (unpaired) electrons. The maximum Gasteiger partial charge on any atom is 0.304 e. The molecule has 3 aliphatic heterocycles. The molecular weight excluding hydrogens is 696 g/mol. The highest BCUT2D eigenvalue weighted by atomic mass is 35.5. The van der Waals surface area contributed by atoms with Crippen molar-refractivity contribution >= 4 is 39.3 Å². The number of morpholine rings is 1. The standard InChI is InChI=1S/C37H47ClN4O8S/c1-40-14-3-2-6-32(43)29-10-7-26(29)22-41-23-36(13-4-5-25-19-28(38)9-11-30(25)36)24-50-33-12-8-27(20-31(33)41)37(46,21-34(40)44)35(45)39-51(47,48)42-15-17-49-18-16-42/h2,6,8-9,11-12,19-20,26,29,32,43,46H,3-5,7,10,13-18,21-24H2,1H3,(H,39,45)/b6-2-/t26-,29+,32-,36-,37+/m0/s1. The Balaban J connectivity index is 1.32. The van der Waals surface area contributed by atoms with Gasteiger partial charge >= 0.3 is 10.2 Å². The van der Waals surface area contributed by atoms with E-state index in [4.69, 9.17) is 21.1 Å². The number of hydrogen-bond donors (Lipinski definition) is 3. The average Bonchev–Trinajstić information content (AvgIpc) is 3.24. The zero-order valence-corrected chi connectivity index (χ0v) is 30.5. The number of rotatable bonds is 3. The van der Waals surface area contributed by atoms with Crippen LogP contribution in [0.4, 0.5) is 5.69 Å². The quantitative estimate of drug-likeness (QED) is 0.404. The predicted octanol–water partition coefficient (Wildman–Crippen LogP) is 2.89. The smallest absolute Gasteiger partial charge is 0.304 e. The van der Waals surface area contributed by atoms with E-state index in [1.54, 1.807) is 25.2 Å². The zero-order chi connectivity index (χ0) is 36.0. The first-order valence-corrected chi connectivity index (χ1v) is 19.7. The van der Waals surface area contributed by atoms with Crippen LogP contribution in [0.15, 0.2) is 48.6 Å². The van der Waals surface area contributed by atoms with Crippen LogP contribution < -0.4 is 14.4 Å². The maximum atomic E-state index is 14.1. The minimum Gasteiger partial charge on any atom is -0.490 e. The Bertz CT molecular complexity index is 1800. The number of hydrogen-bond acceptors (Lipinski definition) is 9. The van der Waals surface area contributed by atoms with E-state index in [1.165, 1.54) is 16.0 Å². The Morgan fingerprint density at radius 3 is 2.67 bits per heavy atom. The highest BCUT2D eigenvalue weighted by molar-refractivity contribution is 7.87. The maximum absolute atomic E-state index is 14.1. The Kier molecular flexibility index (Phi) is 10.2. The number of nitrogens with one attached hydrogen (secondary N) is 1. The van der Waals surface area contributed by atoms with E-state index in [0.29, 0.717) is 42.6 Å². The van der Waals surface area contributed by atoms with Gasteiger partial charge in [-0.3, -0.25) is 9.59 Å². The molecule has 2 aromatic rings. The number of carbonyl (C=O) groups is 2. The number of halogens is 1. The summed E-state index contributed by atoms with van der Waals surface area (Å²) in [7, 11) is -2.78. The Hall–Kier alpha value is -3.20. The van der Waals surface area contributed by atoms with Crippen LogP contribution in [0, 0.1) is 11.8 Å². The van der Waals surface area contributed by atoms with Crippen LogP contribution in [-0.4, -0.2) is 105 Å². The molecule has 1 saturated carbocycles. The number of anilines is 1. The van der Waals surface area contributed by atoms with Crippen molar-refractivity contribution in [2.24, 2.45) is 11.8 Å². The van der Waals surface area contributed by atoms with Crippen molar-refractivity contribution in [3.8, 4) is 5.75 Å². The number of ether oxygens (including phenoxy) is 2. The first kappa shape index (κ1) is 36.2. The third-order valence-corrected chi connectivity index (χ3v) is 13.3. The summed E-state index contributed by atoms with van der Waals surface area (Å²) >= 11 is 6.43. The molecule has 7 rings (SSSR count). The van der Waals surface area contributed by atoms with Gasteiger partial charge < -0.3 is 29.5 Å². The second-order valence-corrected chi connectivity index (χ2v) is 16.9. The monoisotopic (exact) mass is 742 g/mol. The number of fused-ring (bicyclic) bond motifs is 4. The highest BCUT2D eigenvalue weighted by Crippen LogP contribution is 2.47. The van der Waals surface area contributed by atoms with Gasteiger partial charge in [-0.05, 0) is 91.3 Å². The Morgan fingerprint density at radius 2 is 1.90 bits per heavy atom. The normalized spacial score (nSPS) is 31.1. The third-order valence-electron chi connectivity index (χ3n) is 11.6. The van der Waals surface area contributed by atoms with Gasteiger partial charge in [0, 0.05) is 50.2 Å². The number of aliphatic hydroxyl groups is 2. The van der Waals surface area contributed by atoms with Crippen molar-refractivity contribution in [1.82, 2.24) is 13.9 Å². The van der Waals surface area contributed by atoms with Gasteiger partial charge in [0.15, 0.2) is 5.60 Å². The lowest BCUT2D eigenvalue weighted by atomic mass is 9.68. The number of benzene rings is 2. The molecule has 5 atom stereocenters. The molecule has 3 N–H and O–H groups in total. The topological polar surface area (TPSA) is 149 Å². The molecule has 14 heteroatoms. The van der Waals surface area contributed by atoms with Gasteiger partial charge in [0.25, 0.3) is 5.91 Å². The van der Waals surface area contributed by atoms with Gasteiger partial charge in [-0.1, -0.05) is 35.9 Å². The van der Waals surface area contributed by atoms with Gasteiger partial charge in [0.2, 0.25) is 5.91 Å². The SMILES string of the molecule is CN1CC/C=C\[C@H](O)[C@@H]2CC[C@H]2CN2C[C@@]3(CCCc4cc(Cl)ccc43)COc3ccc(cc32)[C@@](O)(C(=O)NS(=O)(=O)N2CCOCC2)CC1=O. The van der Waals surface area contributed by atoms with Crippen molar-refractivity contribution in [3.63, 3.8) is 0 Å². The number of aliphatic hydroxyl groups excluding tert-OH is 1. The molecule has 12 nitrogen and oxygen atoms in total. The highest BCUT2D eigenvalue weighted by Gasteiger charge is 2.47. The van der Waals surface area contributed by atoms with Crippen LogP contribution in [0.2, 0.25) is 5.02 Å².